The van der Waals surface area contributed by atoms with Gasteiger partial charge in [0.2, 0.25) is 0 Å². The van der Waals surface area contributed by atoms with Gasteiger partial charge < -0.3 is 20.5 Å². The van der Waals surface area contributed by atoms with Gasteiger partial charge in [-0.3, -0.25) is 0 Å². The summed E-state index contributed by atoms with van der Waals surface area (Å²) < 4.78 is 5.61. The first-order valence-electron chi connectivity index (χ1n) is 6.30. The van der Waals surface area contributed by atoms with Gasteiger partial charge in [-0.15, -0.1) is 0 Å². The molecule has 18 heavy (non-hydrogen) atoms. The van der Waals surface area contributed by atoms with Crippen molar-refractivity contribution in [2.75, 3.05) is 30.9 Å². The molecule has 0 aliphatic carbocycles. The van der Waals surface area contributed by atoms with Crippen molar-refractivity contribution in [3.8, 4) is 5.75 Å². The van der Waals surface area contributed by atoms with Gasteiger partial charge in [-0.25, -0.2) is 0 Å². The van der Waals surface area contributed by atoms with Gasteiger partial charge in [-0.05, 0) is 32.4 Å². The van der Waals surface area contributed by atoms with Gasteiger partial charge in [-0.1, -0.05) is 13.0 Å². The minimum Gasteiger partial charge on any atom is -0.491 e. The number of anilines is 2. The van der Waals surface area contributed by atoms with Crippen LogP contribution in [0.25, 0.3) is 0 Å². The predicted molar refractivity (Wildman–Crippen MR) is 76.2 cm³/mol. The molecule has 0 saturated heterocycles. The Hall–Kier alpha value is -1.42. The molecule has 0 fully saturated rings. The van der Waals surface area contributed by atoms with E-state index in [1.807, 2.05) is 44.0 Å². The van der Waals surface area contributed by atoms with E-state index in [0.29, 0.717) is 18.0 Å². The molecule has 0 spiro atoms. The van der Waals surface area contributed by atoms with Crippen LogP contribution in [0.5, 0.6) is 5.75 Å². The lowest BCUT2D eigenvalue weighted by Crippen LogP contribution is -2.44. The van der Waals surface area contributed by atoms with Crippen LogP contribution < -0.4 is 15.4 Å². The number of hydrogen-bond acceptors (Lipinski definition) is 4. The lowest BCUT2D eigenvalue weighted by molar-refractivity contribution is 0.216. The van der Waals surface area contributed by atoms with Crippen molar-refractivity contribution in [2.24, 2.45) is 0 Å². The van der Waals surface area contributed by atoms with Crippen LogP contribution in [0, 0.1) is 0 Å². The number of likely N-dealkylation sites (N-methyl/N-ethyl adjacent to an activating group) is 1. The van der Waals surface area contributed by atoms with Gasteiger partial charge in [0.05, 0.1) is 30.1 Å². The molecule has 0 amide bonds. The highest BCUT2D eigenvalue weighted by atomic mass is 16.5. The smallest absolute Gasteiger partial charge is 0.144 e. The summed E-state index contributed by atoms with van der Waals surface area (Å²) in [6, 6.07) is 5.72. The lowest BCUT2D eigenvalue weighted by atomic mass is 10.0. The fourth-order valence-electron chi connectivity index (χ4n) is 1.59. The summed E-state index contributed by atoms with van der Waals surface area (Å²) in [5.41, 5.74) is 7.26. The van der Waals surface area contributed by atoms with Crippen LogP contribution in [0.1, 0.15) is 27.2 Å². The molecule has 0 atom stereocenters. The molecular weight excluding hydrogens is 228 g/mol. The predicted octanol–water partition coefficient (Wildman–Crippen LogP) is 2.26. The van der Waals surface area contributed by atoms with Crippen molar-refractivity contribution in [2.45, 2.75) is 32.7 Å². The Labute approximate surface area is 109 Å². The third-order valence-corrected chi connectivity index (χ3v) is 3.16. The van der Waals surface area contributed by atoms with Gasteiger partial charge in [0, 0.05) is 7.05 Å². The van der Waals surface area contributed by atoms with Crippen LogP contribution in [-0.2, 0) is 0 Å². The Bertz CT molecular complexity index is 391. The van der Waals surface area contributed by atoms with Crippen molar-refractivity contribution < 1.29 is 9.84 Å². The van der Waals surface area contributed by atoms with E-state index in [0.717, 1.165) is 12.1 Å². The summed E-state index contributed by atoms with van der Waals surface area (Å²) in [6.07, 6.45) is 0.946. The molecule has 3 N–H and O–H groups in total. The van der Waals surface area contributed by atoms with E-state index in [1.54, 1.807) is 0 Å². The summed E-state index contributed by atoms with van der Waals surface area (Å²) in [7, 11) is 1.92. The molecule has 0 bridgehead atoms. The van der Waals surface area contributed by atoms with Crippen molar-refractivity contribution >= 4 is 11.4 Å². The second kappa shape index (κ2) is 5.96. The summed E-state index contributed by atoms with van der Waals surface area (Å²) in [5.74, 6) is 0.704. The molecule has 1 aromatic carbocycles. The Morgan fingerprint density at radius 1 is 1.39 bits per heavy atom. The molecule has 4 heteroatoms. The molecule has 0 aliphatic heterocycles. The second-order valence-electron chi connectivity index (χ2n) is 5.07. The molecule has 0 unspecified atom stereocenters. The van der Waals surface area contributed by atoms with E-state index in [1.165, 1.54) is 0 Å². The lowest BCUT2D eigenvalue weighted by Gasteiger charge is -2.36. The second-order valence-corrected chi connectivity index (χ2v) is 5.07. The van der Waals surface area contributed by atoms with Crippen LogP contribution in [-0.4, -0.2) is 30.9 Å². The molecule has 0 radical (unpaired) electrons. The molecule has 102 valence electrons. The fourth-order valence-corrected chi connectivity index (χ4v) is 1.59. The number of hydrogen-bond donors (Lipinski definition) is 2. The largest absolute Gasteiger partial charge is 0.491 e. The Kier molecular flexibility index (Phi) is 4.84. The van der Waals surface area contributed by atoms with Crippen LogP contribution >= 0.6 is 0 Å². The average Bonchev–Trinajstić information content (AvgIpc) is 2.36. The van der Waals surface area contributed by atoms with Crippen LogP contribution in [0.15, 0.2) is 18.2 Å². The molecule has 0 heterocycles. The van der Waals surface area contributed by atoms with Crippen LogP contribution in [0.3, 0.4) is 0 Å². The first-order valence-corrected chi connectivity index (χ1v) is 6.30. The number of nitrogens with two attached hydrogens (primary N) is 1. The first kappa shape index (κ1) is 14.6. The monoisotopic (exact) mass is 252 g/mol. The maximum atomic E-state index is 9.41. The average molecular weight is 252 g/mol. The number of para-hydroxylation sites is 1. The highest BCUT2D eigenvalue weighted by Crippen LogP contribution is 2.34. The van der Waals surface area contributed by atoms with E-state index in [2.05, 4.69) is 6.92 Å². The van der Waals surface area contributed by atoms with Gasteiger partial charge in [0.25, 0.3) is 0 Å². The summed E-state index contributed by atoms with van der Waals surface area (Å²) in [4.78, 5) is 1.97. The van der Waals surface area contributed by atoms with Crippen molar-refractivity contribution in [1.29, 1.82) is 0 Å². The first-order chi connectivity index (χ1) is 8.44. The SMILES string of the molecule is CCCOc1cccc(N(C)C(C)(C)CO)c1N. The van der Waals surface area contributed by atoms with E-state index in [9.17, 15) is 5.11 Å². The maximum absolute atomic E-state index is 9.41. The summed E-state index contributed by atoms with van der Waals surface area (Å²) in [6.45, 7) is 6.70. The fraction of sp³-hybridized carbons (Fsp3) is 0.571. The van der Waals surface area contributed by atoms with E-state index in [-0.39, 0.29) is 12.1 Å². The van der Waals surface area contributed by atoms with Crippen molar-refractivity contribution in [3.05, 3.63) is 18.2 Å². The normalized spacial score (nSPS) is 11.4. The van der Waals surface area contributed by atoms with Gasteiger partial charge in [0.1, 0.15) is 5.75 Å². The number of benzene rings is 1. The zero-order valence-corrected chi connectivity index (χ0v) is 11.7. The highest BCUT2D eigenvalue weighted by Gasteiger charge is 2.24. The Morgan fingerprint density at radius 3 is 2.61 bits per heavy atom. The van der Waals surface area contributed by atoms with E-state index in [4.69, 9.17) is 10.5 Å². The molecule has 0 saturated carbocycles. The Morgan fingerprint density at radius 2 is 2.06 bits per heavy atom. The minimum atomic E-state index is -0.364. The number of rotatable bonds is 6. The van der Waals surface area contributed by atoms with E-state index >= 15 is 0 Å². The quantitative estimate of drug-likeness (QED) is 0.762. The van der Waals surface area contributed by atoms with Crippen molar-refractivity contribution in [3.63, 3.8) is 0 Å². The molecule has 0 aliphatic rings. The van der Waals surface area contributed by atoms with Gasteiger partial charge in [0.15, 0.2) is 0 Å². The molecule has 4 nitrogen and oxygen atoms in total. The van der Waals surface area contributed by atoms with Gasteiger partial charge in [-0.2, -0.15) is 0 Å². The van der Waals surface area contributed by atoms with Crippen molar-refractivity contribution in [1.82, 2.24) is 0 Å². The number of ether oxygens (including phenoxy) is 1. The molecule has 1 rings (SSSR count). The Balaban J connectivity index is 3.03. The van der Waals surface area contributed by atoms with Gasteiger partial charge >= 0.3 is 0 Å². The minimum absolute atomic E-state index is 0.0585. The zero-order chi connectivity index (χ0) is 13.8. The summed E-state index contributed by atoms with van der Waals surface area (Å²) in [5, 5.41) is 9.41. The molecule has 1 aromatic rings. The maximum Gasteiger partial charge on any atom is 0.144 e. The van der Waals surface area contributed by atoms with Crippen LogP contribution in [0.4, 0.5) is 11.4 Å². The number of nitrogens with zero attached hydrogens (tertiary/aromatic N) is 1. The summed E-state index contributed by atoms with van der Waals surface area (Å²) >= 11 is 0. The topological polar surface area (TPSA) is 58.7 Å². The standard InChI is InChI=1S/C14H24N2O2/c1-5-9-18-12-8-6-7-11(13(12)15)16(4)14(2,3)10-17/h6-8,17H,5,9-10,15H2,1-4H3. The van der Waals surface area contributed by atoms with E-state index < -0.39 is 0 Å². The third-order valence-electron chi connectivity index (χ3n) is 3.16. The number of nitrogen functional groups attached to an aromatic ring is 1. The zero-order valence-electron chi connectivity index (χ0n) is 11.7. The number of aliphatic hydroxyl groups is 1. The van der Waals surface area contributed by atoms with Crippen LogP contribution in [0.2, 0.25) is 0 Å². The highest BCUT2D eigenvalue weighted by molar-refractivity contribution is 5.74. The third kappa shape index (κ3) is 3.07. The number of aliphatic hydroxyl groups excluding tert-OH is 1. The molecule has 0 aromatic heterocycles. The molecular formula is C14H24N2O2.